The summed E-state index contributed by atoms with van der Waals surface area (Å²) in [6.07, 6.45) is 3.87. The molecule has 1 aliphatic rings. The van der Waals surface area contributed by atoms with Gasteiger partial charge < -0.3 is 15.1 Å². The number of benzene rings is 2. The highest BCUT2D eigenvalue weighted by Gasteiger charge is 2.26. The van der Waals surface area contributed by atoms with Crippen LogP contribution in [0.25, 0.3) is 0 Å². The van der Waals surface area contributed by atoms with Crippen LogP contribution in [0.3, 0.4) is 0 Å². The standard InChI is InChI=1S/C25H32ClN3O2/c1-5-17(2)29(25(31)21-11-6-7-12-22(21)26)16-19-15-20(13-14-23(19)28(3)4)27-24(30)18-9-8-10-18/h6-7,11-15,17-18H,5,8-10,16H2,1-4H3,(H,27,30)/t17-/m1/s1. The lowest BCUT2D eigenvalue weighted by atomic mass is 9.85. The normalized spacial score (nSPS) is 14.5. The van der Waals surface area contributed by atoms with Crippen molar-refractivity contribution in [2.24, 2.45) is 5.92 Å². The van der Waals surface area contributed by atoms with Crippen LogP contribution in [-0.2, 0) is 11.3 Å². The number of hydrogen-bond acceptors (Lipinski definition) is 3. The van der Waals surface area contributed by atoms with Crippen LogP contribution in [0.15, 0.2) is 42.5 Å². The first-order valence-corrected chi connectivity index (χ1v) is 11.4. The average Bonchev–Trinajstić information content (AvgIpc) is 2.70. The molecule has 5 nitrogen and oxygen atoms in total. The third kappa shape index (κ3) is 5.40. The van der Waals surface area contributed by atoms with Crippen molar-refractivity contribution < 1.29 is 9.59 Å². The minimum atomic E-state index is -0.0893. The maximum absolute atomic E-state index is 13.4. The van der Waals surface area contributed by atoms with Gasteiger partial charge in [0.2, 0.25) is 5.91 Å². The summed E-state index contributed by atoms with van der Waals surface area (Å²) in [6, 6.07) is 13.1. The Labute approximate surface area is 190 Å². The van der Waals surface area contributed by atoms with Crippen LogP contribution in [0.1, 0.15) is 55.5 Å². The molecule has 1 N–H and O–H groups in total. The third-order valence-corrected chi connectivity index (χ3v) is 6.46. The van der Waals surface area contributed by atoms with Crippen molar-refractivity contribution in [1.29, 1.82) is 0 Å². The van der Waals surface area contributed by atoms with Crippen molar-refractivity contribution >= 4 is 34.8 Å². The monoisotopic (exact) mass is 441 g/mol. The third-order valence-electron chi connectivity index (χ3n) is 6.13. The summed E-state index contributed by atoms with van der Waals surface area (Å²) >= 11 is 6.32. The highest BCUT2D eigenvalue weighted by atomic mass is 35.5. The van der Waals surface area contributed by atoms with Gasteiger partial charge in [-0.05, 0) is 62.1 Å². The molecule has 0 spiro atoms. The van der Waals surface area contributed by atoms with Crippen molar-refractivity contribution in [2.45, 2.75) is 52.1 Å². The molecule has 31 heavy (non-hydrogen) atoms. The highest BCUT2D eigenvalue weighted by Crippen LogP contribution is 2.30. The number of carbonyl (C=O) groups is 2. The molecule has 3 rings (SSSR count). The van der Waals surface area contributed by atoms with Gasteiger partial charge in [0.05, 0.1) is 10.6 Å². The van der Waals surface area contributed by atoms with Crippen molar-refractivity contribution in [3.63, 3.8) is 0 Å². The molecule has 1 atom stereocenters. The molecule has 1 fully saturated rings. The van der Waals surface area contributed by atoms with Crippen molar-refractivity contribution in [3.8, 4) is 0 Å². The summed E-state index contributed by atoms with van der Waals surface area (Å²) in [7, 11) is 3.96. The van der Waals surface area contributed by atoms with Gasteiger partial charge in [-0.2, -0.15) is 0 Å². The van der Waals surface area contributed by atoms with E-state index in [1.807, 2.05) is 61.2 Å². The minimum Gasteiger partial charge on any atom is -0.377 e. The summed E-state index contributed by atoms with van der Waals surface area (Å²) in [4.78, 5) is 29.7. The summed E-state index contributed by atoms with van der Waals surface area (Å²) in [5.41, 5.74) is 3.27. The maximum atomic E-state index is 13.4. The molecule has 1 saturated carbocycles. The number of halogens is 1. The van der Waals surface area contributed by atoms with Gasteiger partial charge in [0.25, 0.3) is 5.91 Å². The van der Waals surface area contributed by atoms with Crippen molar-refractivity contribution in [3.05, 3.63) is 58.6 Å². The Morgan fingerprint density at radius 1 is 1.16 bits per heavy atom. The number of nitrogens with one attached hydrogen (secondary N) is 1. The molecule has 1 aliphatic carbocycles. The number of anilines is 2. The van der Waals surface area contributed by atoms with Crippen LogP contribution in [-0.4, -0.2) is 36.9 Å². The SMILES string of the molecule is CC[C@@H](C)N(Cc1cc(NC(=O)C2CCC2)ccc1N(C)C)C(=O)c1ccccc1Cl. The first-order valence-electron chi connectivity index (χ1n) is 11.0. The quantitative estimate of drug-likeness (QED) is 0.581. The fraction of sp³-hybridized carbons (Fsp3) is 0.440. The number of hydrogen-bond donors (Lipinski definition) is 1. The van der Waals surface area contributed by atoms with Gasteiger partial charge in [0.1, 0.15) is 0 Å². The van der Waals surface area contributed by atoms with Crippen LogP contribution in [0.2, 0.25) is 5.02 Å². The molecule has 2 amide bonds. The second-order valence-corrected chi connectivity index (χ2v) is 8.93. The molecule has 0 bridgehead atoms. The van der Waals surface area contributed by atoms with E-state index in [-0.39, 0.29) is 23.8 Å². The van der Waals surface area contributed by atoms with E-state index in [0.29, 0.717) is 17.1 Å². The van der Waals surface area contributed by atoms with Gasteiger partial charge in [0, 0.05) is 44.0 Å². The lowest BCUT2D eigenvalue weighted by Gasteiger charge is -2.31. The first-order chi connectivity index (χ1) is 14.8. The topological polar surface area (TPSA) is 52.7 Å². The Morgan fingerprint density at radius 3 is 2.45 bits per heavy atom. The Hall–Kier alpha value is -2.53. The predicted molar refractivity (Wildman–Crippen MR) is 128 cm³/mol. The van der Waals surface area contributed by atoms with Crippen molar-refractivity contribution in [1.82, 2.24) is 4.90 Å². The smallest absolute Gasteiger partial charge is 0.255 e. The molecule has 166 valence electrons. The summed E-state index contributed by atoms with van der Waals surface area (Å²) < 4.78 is 0. The fourth-order valence-corrected chi connectivity index (χ4v) is 3.98. The van der Waals surface area contributed by atoms with E-state index < -0.39 is 0 Å². The molecule has 0 aliphatic heterocycles. The van der Waals surface area contributed by atoms with Crippen molar-refractivity contribution in [2.75, 3.05) is 24.3 Å². The fourth-order valence-electron chi connectivity index (χ4n) is 3.76. The number of rotatable bonds is 8. The summed E-state index contributed by atoms with van der Waals surface area (Å²) in [6.45, 7) is 4.55. The van der Waals surface area contributed by atoms with E-state index in [9.17, 15) is 9.59 Å². The Balaban J connectivity index is 1.91. The molecule has 0 radical (unpaired) electrons. The summed E-state index contributed by atoms with van der Waals surface area (Å²) in [5, 5.41) is 3.51. The maximum Gasteiger partial charge on any atom is 0.255 e. The second kappa shape index (κ2) is 10.2. The van der Waals surface area contributed by atoms with E-state index in [1.165, 1.54) is 0 Å². The molecule has 2 aromatic rings. The van der Waals surface area contributed by atoms with Gasteiger partial charge in [-0.25, -0.2) is 0 Å². The zero-order valence-corrected chi connectivity index (χ0v) is 19.6. The van der Waals surface area contributed by atoms with E-state index in [1.54, 1.807) is 12.1 Å². The van der Waals surface area contributed by atoms with Crippen LogP contribution >= 0.6 is 11.6 Å². The Kier molecular flexibility index (Phi) is 7.60. The Morgan fingerprint density at radius 2 is 1.87 bits per heavy atom. The predicted octanol–water partition coefficient (Wildman–Crippen LogP) is 5.59. The number of amides is 2. The average molecular weight is 442 g/mol. The van der Waals surface area contributed by atoms with E-state index in [4.69, 9.17) is 11.6 Å². The Bertz CT molecular complexity index is 940. The lowest BCUT2D eigenvalue weighted by molar-refractivity contribution is -0.122. The molecular weight excluding hydrogens is 410 g/mol. The largest absolute Gasteiger partial charge is 0.377 e. The highest BCUT2D eigenvalue weighted by molar-refractivity contribution is 6.33. The zero-order valence-electron chi connectivity index (χ0n) is 18.8. The lowest BCUT2D eigenvalue weighted by Crippen LogP contribution is -2.38. The van der Waals surface area contributed by atoms with Gasteiger partial charge >= 0.3 is 0 Å². The van der Waals surface area contributed by atoms with Gasteiger partial charge in [-0.1, -0.05) is 37.1 Å². The molecule has 0 saturated heterocycles. The van der Waals surface area contributed by atoms with Crippen LogP contribution in [0.4, 0.5) is 11.4 Å². The van der Waals surface area contributed by atoms with Crippen LogP contribution < -0.4 is 10.2 Å². The summed E-state index contributed by atoms with van der Waals surface area (Å²) in [5.74, 6) is 0.115. The molecule has 0 unspecified atom stereocenters. The van der Waals surface area contributed by atoms with Gasteiger partial charge in [-0.3, -0.25) is 9.59 Å². The molecular formula is C25H32ClN3O2. The molecule has 2 aromatic carbocycles. The zero-order chi connectivity index (χ0) is 22.5. The minimum absolute atomic E-state index is 0.0343. The van der Waals surface area contributed by atoms with E-state index in [2.05, 4.69) is 12.2 Å². The van der Waals surface area contributed by atoms with Gasteiger partial charge in [-0.15, -0.1) is 0 Å². The molecule has 0 aromatic heterocycles. The van der Waals surface area contributed by atoms with Crippen LogP contribution in [0.5, 0.6) is 0 Å². The van der Waals surface area contributed by atoms with Gasteiger partial charge in [0.15, 0.2) is 0 Å². The first kappa shape index (κ1) is 23.1. The van der Waals surface area contributed by atoms with E-state index >= 15 is 0 Å². The number of carbonyl (C=O) groups excluding carboxylic acids is 2. The van der Waals surface area contributed by atoms with E-state index in [0.717, 1.165) is 42.6 Å². The molecule has 6 heteroatoms. The van der Waals surface area contributed by atoms with Crippen LogP contribution in [0, 0.1) is 5.92 Å². The number of nitrogens with zero attached hydrogens (tertiary/aromatic N) is 2. The molecule has 0 heterocycles. The second-order valence-electron chi connectivity index (χ2n) is 8.53.